The van der Waals surface area contributed by atoms with Gasteiger partial charge in [0.05, 0.1) is 0 Å². The van der Waals surface area contributed by atoms with Crippen molar-refractivity contribution in [2.45, 2.75) is 58.2 Å². The Morgan fingerprint density at radius 2 is 1.88 bits per heavy atom. The molecule has 102 valence electrons. The Bertz CT molecular complexity index is 204. The third kappa shape index (κ3) is 5.36. The molecule has 0 bridgehead atoms. The lowest BCUT2D eigenvalue weighted by molar-refractivity contribution is 0.227. The van der Waals surface area contributed by atoms with E-state index in [1.165, 1.54) is 32.4 Å². The number of nitrogens with zero attached hydrogens (tertiary/aromatic N) is 2. The van der Waals surface area contributed by atoms with Gasteiger partial charge in [0.15, 0.2) is 0 Å². The maximum absolute atomic E-state index is 3.73. The number of nitrogens with one attached hydrogen (secondary N) is 1. The highest BCUT2D eigenvalue weighted by Gasteiger charge is 2.18. The molecule has 3 nitrogen and oxygen atoms in total. The summed E-state index contributed by atoms with van der Waals surface area (Å²) in [4.78, 5) is 4.89. The number of hydrogen-bond acceptors (Lipinski definition) is 3. The number of hydrogen-bond donors (Lipinski definition) is 1. The van der Waals surface area contributed by atoms with Gasteiger partial charge in [0.25, 0.3) is 0 Å². The van der Waals surface area contributed by atoms with Crippen LogP contribution in [-0.4, -0.2) is 61.7 Å². The van der Waals surface area contributed by atoms with Gasteiger partial charge in [-0.05, 0) is 67.2 Å². The summed E-state index contributed by atoms with van der Waals surface area (Å²) in [6, 6.07) is 2.05. The Kier molecular flexibility index (Phi) is 6.45. The maximum atomic E-state index is 3.73. The van der Waals surface area contributed by atoms with E-state index in [9.17, 15) is 0 Å². The summed E-state index contributed by atoms with van der Waals surface area (Å²) in [6.45, 7) is 10.5. The highest BCUT2D eigenvalue weighted by molar-refractivity contribution is 4.77. The van der Waals surface area contributed by atoms with Crippen molar-refractivity contribution >= 4 is 0 Å². The lowest BCUT2D eigenvalue weighted by Gasteiger charge is -2.25. The molecule has 1 rings (SSSR count). The van der Waals surface area contributed by atoms with Gasteiger partial charge in [0, 0.05) is 24.7 Å². The van der Waals surface area contributed by atoms with Gasteiger partial charge in [-0.15, -0.1) is 0 Å². The third-order valence-corrected chi connectivity index (χ3v) is 4.08. The summed E-state index contributed by atoms with van der Waals surface area (Å²) in [6.07, 6.45) is 3.98. The Balaban J connectivity index is 2.27. The first kappa shape index (κ1) is 14.9. The quantitative estimate of drug-likeness (QED) is 0.792. The topological polar surface area (TPSA) is 18.5 Å². The van der Waals surface area contributed by atoms with Crippen LogP contribution in [0.3, 0.4) is 0 Å². The molecule has 0 aliphatic carbocycles. The molecule has 0 saturated carbocycles. The number of likely N-dealkylation sites (tertiary alicyclic amines) is 1. The van der Waals surface area contributed by atoms with Crippen LogP contribution in [0.4, 0.5) is 0 Å². The molecule has 3 heteroatoms. The minimum absolute atomic E-state index is 0.624. The Hall–Kier alpha value is -0.120. The molecule has 1 heterocycles. The predicted octanol–water partition coefficient (Wildman–Crippen LogP) is 1.79. The molecule has 1 N–H and O–H groups in total. The highest BCUT2D eigenvalue weighted by atomic mass is 15.2. The average molecular weight is 241 g/mol. The highest BCUT2D eigenvalue weighted by Crippen LogP contribution is 2.13. The largest absolute Gasteiger partial charge is 0.312 e. The Labute approximate surface area is 108 Å². The zero-order chi connectivity index (χ0) is 12.8. The summed E-state index contributed by atoms with van der Waals surface area (Å²) < 4.78 is 0. The van der Waals surface area contributed by atoms with Crippen LogP contribution in [0.15, 0.2) is 0 Å². The molecule has 2 unspecified atom stereocenters. The minimum atomic E-state index is 0.624. The smallest absolute Gasteiger partial charge is 0.0186 e. The summed E-state index contributed by atoms with van der Waals surface area (Å²) in [5.74, 6) is 0. The normalized spacial score (nSPS) is 25.2. The SMILES string of the molecule is CC(CNC1CCCN(C(C)C)CC1)N(C)C. The van der Waals surface area contributed by atoms with E-state index < -0.39 is 0 Å². The van der Waals surface area contributed by atoms with Crippen LogP contribution in [0.5, 0.6) is 0 Å². The lowest BCUT2D eigenvalue weighted by atomic mass is 10.1. The molecule has 1 fully saturated rings. The summed E-state index contributed by atoms with van der Waals surface area (Å²) in [7, 11) is 4.31. The van der Waals surface area contributed by atoms with Crippen molar-refractivity contribution in [3.63, 3.8) is 0 Å². The van der Waals surface area contributed by atoms with Crippen LogP contribution in [0.2, 0.25) is 0 Å². The van der Waals surface area contributed by atoms with Gasteiger partial charge >= 0.3 is 0 Å². The van der Waals surface area contributed by atoms with E-state index in [1.54, 1.807) is 0 Å². The predicted molar refractivity (Wildman–Crippen MR) is 75.5 cm³/mol. The molecule has 2 atom stereocenters. The minimum Gasteiger partial charge on any atom is -0.312 e. The van der Waals surface area contributed by atoms with Gasteiger partial charge in [-0.3, -0.25) is 0 Å². The van der Waals surface area contributed by atoms with Crippen LogP contribution in [0, 0.1) is 0 Å². The molecule has 0 aromatic rings. The summed E-state index contributed by atoms with van der Waals surface area (Å²) in [5, 5.41) is 3.73. The first-order valence-corrected chi connectivity index (χ1v) is 7.14. The molecule has 0 aromatic carbocycles. The monoisotopic (exact) mass is 241 g/mol. The van der Waals surface area contributed by atoms with Crippen molar-refractivity contribution < 1.29 is 0 Å². The Morgan fingerprint density at radius 3 is 2.47 bits per heavy atom. The van der Waals surface area contributed by atoms with Gasteiger partial charge in [0.1, 0.15) is 0 Å². The van der Waals surface area contributed by atoms with Gasteiger partial charge in [-0.2, -0.15) is 0 Å². The molecule has 0 aromatic heterocycles. The third-order valence-electron chi connectivity index (χ3n) is 4.08. The second-order valence-corrected chi connectivity index (χ2v) is 5.98. The van der Waals surface area contributed by atoms with Crippen molar-refractivity contribution in [1.29, 1.82) is 0 Å². The first-order chi connectivity index (χ1) is 8.00. The standard InChI is InChI=1S/C14H31N3/c1-12(2)17-9-6-7-14(8-10-17)15-11-13(3)16(4)5/h12-15H,6-11H2,1-5H3. The molecular formula is C14H31N3. The van der Waals surface area contributed by atoms with E-state index in [1.807, 2.05) is 0 Å². The van der Waals surface area contributed by atoms with E-state index >= 15 is 0 Å². The molecular weight excluding hydrogens is 210 g/mol. The first-order valence-electron chi connectivity index (χ1n) is 7.14. The fraction of sp³-hybridized carbons (Fsp3) is 1.00. The van der Waals surface area contributed by atoms with Crippen molar-refractivity contribution in [1.82, 2.24) is 15.1 Å². The summed E-state index contributed by atoms with van der Waals surface area (Å²) >= 11 is 0. The van der Waals surface area contributed by atoms with Crippen LogP contribution in [0.1, 0.15) is 40.0 Å². The van der Waals surface area contributed by atoms with Crippen LogP contribution >= 0.6 is 0 Å². The van der Waals surface area contributed by atoms with Gasteiger partial charge < -0.3 is 15.1 Å². The van der Waals surface area contributed by atoms with E-state index in [0.29, 0.717) is 12.1 Å². The Morgan fingerprint density at radius 1 is 1.18 bits per heavy atom. The lowest BCUT2D eigenvalue weighted by Crippen LogP contribution is -2.41. The van der Waals surface area contributed by atoms with E-state index in [-0.39, 0.29) is 0 Å². The fourth-order valence-corrected chi connectivity index (χ4v) is 2.36. The van der Waals surface area contributed by atoms with Gasteiger partial charge in [-0.25, -0.2) is 0 Å². The van der Waals surface area contributed by atoms with E-state index in [0.717, 1.165) is 12.6 Å². The van der Waals surface area contributed by atoms with Crippen LogP contribution in [0.25, 0.3) is 0 Å². The number of rotatable bonds is 5. The summed E-state index contributed by atoms with van der Waals surface area (Å²) in [5.41, 5.74) is 0. The zero-order valence-electron chi connectivity index (χ0n) is 12.4. The molecule has 0 radical (unpaired) electrons. The van der Waals surface area contributed by atoms with Crippen molar-refractivity contribution in [3.8, 4) is 0 Å². The van der Waals surface area contributed by atoms with Crippen LogP contribution in [-0.2, 0) is 0 Å². The zero-order valence-corrected chi connectivity index (χ0v) is 12.4. The molecule has 1 saturated heterocycles. The van der Waals surface area contributed by atoms with Crippen LogP contribution < -0.4 is 5.32 Å². The molecule has 1 aliphatic heterocycles. The second-order valence-electron chi connectivity index (χ2n) is 5.98. The van der Waals surface area contributed by atoms with Crippen molar-refractivity contribution in [2.75, 3.05) is 33.7 Å². The number of likely N-dealkylation sites (N-methyl/N-ethyl adjacent to an activating group) is 1. The average Bonchev–Trinajstić information content (AvgIpc) is 2.50. The second kappa shape index (κ2) is 7.34. The molecule has 17 heavy (non-hydrogen) atoms. The van der Waals surface area contributed by atoms with E-state index in [2.05, 4.69) is 50.0 Å². The van der Waals surface area contributed by atoms with Gasteiger partial charge in [-0.1, -0.05) is 0 Å². The van der Waals surface area contributed by atoms with Crippen molar-refractivity contribution in [2.24, 2.45) is 0 Å². The fourth-order valence-electron chi connectivity index (χ4n) is 2.36. The van der Waals surface area contributed by atoms with E-state index in [4.69, 9.17) is 0 Å². The molecule has 0 amide bonds. The van der Waals surface area contributed by atoms with Crippen molar-refractivity contribution in [3.05, 3.63) is 0 Å². The molecule has 1 aliphatic rings. The van der Waals surface area contributed by atoms with Gasteiger partial charge in [0.2, 0.25) is 0 Å². The maximum Gasteiger partial charge on any atom is 0.0186 e. The molecule has 0 spiro atoms.